The van der Waals surface area contributed by atoms with Gasteiger partial charge in [-0.3, -0.25) is 0 Å². The lowest BCUT2D eigenvalue weighted by Gasteiger charge is -2.18. The highest BCUT2D eigenvalue weighted by Gasteiger charge is 2.41. The molecule has 0 bridgehead atoms. The lowest BCUT2D eigenvalue weighted by atomic mass is 10.0. The number of rotatable bonds is 3. The van der Waals surface area contributed by atoms with Crippen molar-refractivity contribution in [3.05, 3.63) is 48.6 Å². The van der Waals surface area contributed by atoms with Crippen LogP contribution < -0.4 is 11.5 Å². The molecule has 0 aliphatic heterocycles. The molecule has 3 aromatic heterocycles. The third-order valence-corrected chi connectivity index (χ3v) is 4.93. The second-order valence-corrected chi connectivity index (χ2v) is 6.54. The molecule has 3 aromatic rings. The first-order chi connectivity index (χ1) is 12.5. The maximum atomic E-state index is 10.6. The van der Waals surface area contributed by atoms with Gasteiger partial charge in [0.2, 0.25) is 0 Å². The Morgan fingerprint density at radius 1 is 1.12 bits per heavy atom. The summed E-state index contributed by atoms with van der Waals surface area (Å²) < 4.78 is 1.86. The molecule has 0 unspecified atom stereocenters. The van der Waals surface area contributed by atoms with Gasteiger partial charge in [-0.15, -0.1) is 0 Å². The Morgan fingerprint density at radius 3 is 2.77 bits per heavy atom. The van der Waals surface area contributed by atoms with E-state index in [0.717, 1.165) is 10.9 Å². The van der Waals surface area contributed by atoms with E-state index in [4.69, 9.17) is 11.5 Å². The molecule has 1 fully saturated rings. The van der Waals surface area contributed by atoms with Crippen LogP contribution in [0.2, 0.25) is 0 Å². The Labute approximate surface area is 149 Å². The Kier molecular flexibility index (Phi) is 4.06. The Balaban J connectivity index is 1.60. The topological polar surface area (TPSA) is 136 Å². The number of nitrogens with two attached hydrogens (primary N) is 2. The molecular formula is C18H20N6O2. The first kappa shape index (κ1) is 16.5. The molecule has 26 heavy (non-hydrogen) atoms. The Morgan fingerprint density at radius 2 is 1.96 bits per heavy atom. The second kappa shape index (κ2) is 6.40. The number of aliphatic hydroxyl groups excluding tert-OH is 2. The van der Waals surface area contributed by atoms with Crippen LogP contribution in [-0.2, 0) is 0 Å². The number of anilines is 2. The standard InChI is InChI=1S/C18H20N6O2/c19-14-7-10(3-5-21-14)1-2-11-8-13(16(26)15(11)25)24-6-4-12-17(20)22-9-23-18(12)24/h1-7,9,11,13,15-16,25-26H,8H2,(H2,19,21)(H2,20,22,23)/b2-1+/t11-,13+,15+,16-/m0/s1. The number of pyridine rings is 1. The fourth-order valence-electron chi connectivity index (χ4n) is 3.57. The summed E-state index contributed by atoms with van der Waals surface area (Å²) in [4.78, 5) is 12.2. The van der Waals surface area contributed by atoms with Crippen LogP contribution in [0.25, 0.3) is 17.1 Å². The van der Waals surface area contributed by atoms with E-state index in [-0.39, 0.29) is 12.0 Å². The summed E-state index contributed by atoms with van der Waals surface area (Å²) in [5, 5.41) is 21.8. The monoisotopic (exact) mass is 352 g/mol. The molecule has 8 nitrogen and oxygen atoms in total. The zero-order valence-corrected chi connectivity index (χ0v) is 14.0. The maximum absolute atomic E-state index is 10.6. The van der Waals surface area contributed by atoms with E-state index in [9.17, 15) is 10.2 Å². The van der Waals surface area contributed by atoms with Crippen molar-refractivity contribution in [2.45, 2.75) is 24.7 Å². The van der Waals surface area contributed by atoms with E-state index in [1.807, 2.05) is 35.0 Å². The fraction of sp³-hybridized carbons (Fsp3) is 0.278. The quantitative estimate of drug-likeness (QED) is 0.552. The van der Waals surface area contributed by atoms with Gasteiger partial charge >= 0.3 is 0 Å². The van der Waals surface area contributed by atoms with E-state index < -0.39 is 12.2 Å². The van der Waals surface area contributed by atoms with E-state index in [0.29, 0.717) is 23.7 Å². The summed E-state index contributed by atoms with van der Waals surface area (Å²) in [6.45, 7) is 0. The predicted octanol–water partition coefficient (Wildman–Crippen LogP) is 0.987. The van der Waals surface area contributed by atoms with Crippen molar-refractivity contribution in [1.82, 2.24) is 19.5 Å². The zero-order valence-electron chi connectivity index (χ0n) is 14.0. The first-order valence-corrected chi connectivity index (χ1v) is 8.37. The molecule has 1 saturated carbocycles. The van der Waals surface area contributed by atoms with E-state index in [2.05, 4.69) is 15.0 Å². The molecular weight excluding hydrogens is 332 g/mol. The molecule has 0 aromatic carbocycles. The average molecular weight is 352 g/mol. The van der Waals surface area contributed by atoms with Crippen LogP contribution in [0, 0.1) is 5.92 Å². The number of aromatic nitrogens is 4. The third kappa shape index (κ3) is 2.79. The number of aliphatic hydroxyl groups is 2. The van der Waals surface area contributed by atoms with Crippen molar-refractivity contribution in [2.75, 3.05) is 11.5 Å². The van der Waals surface area contributed by atoms with Crippen LogP contribution in [0.1, 0.15) is 18.0 Å². The largest absolute Gasteiger partial charge is 0.390 e. The van der Waals surface area contributed by atoms with Crippen molar-refractivity contribution < 1.29 is 10.2 Å². The van der Waals surface area contributed by atoms with Crippen molar-refractivity contribution in [3.63, 3.8) is 0 Å². The van der Waals surface area contributed by atoms with Crippen molar-refractivity contribution in [1.29, 1.82) is 0 Å². The lowest BCUT2D eigenvalue weighted by molar-refractivity contribution is 0.0139. The van der Waals surface area contributed by atoms with E-state index in [1.165, 1.54) is 6.33 Å². The minimum Gasteiger partial charge on any atom is -0.390 e. The summed E-state index contributed by atoms with van der Waals surface area (Å²) in [5.41, 5.74) is 13.1. The SMILES string of the molecule is Nc1cc(/C=C/[C@H]2C[C@@H](n3ccc4c(N)ncnc43)[C@H](O)[C@@H]2O)ccn1. The molecule has 134 valence electrons. The van der Waals surface area contributed by atoms with Gasteiger partial charge in [-0.05, 0) is 30.2 Å². The third-order valence-electron chi connectivity index (χ3n) is 4.93. The summed E-state index contributed by atoms with van der Waals surface area (Å²) >= 11 is 0. The average Bonchev–Trinajstić information content (AvgIpc) is 3.17. The van der Waals surface area contributed by atoms with Gasteiger partial charge in [0.25, 0.3) is 0 Å². The Hall–Kier alpha value is -2.97. The summed E-state index contributed by atoms with van der Waals surface area (Å²) in [6, 6.07) is 5.12. The molecule has 6 N–H and O–H groups in total. The maximum Gasteiger partial charge on any atom is 0.145 e. The number of nitrogens with zero attached hydrogens (tertiary/aromatic N) is 4. The molecule has 0 radical (unpaired) electrons. The van der Waals surface area contributed by atoms with Crippen LogP contribution >= 0.6 is 0 Å². The molecule has 3 heterocycles. The van der Waals surface area contributed by atoms with Gasteiger partial charge in [-0.1, -0.05) is 12.2 Å². The molecule has 8 heteroatoms. The first-order valence-electron chi connectivity index (χ1n) is 8.37. The van der Waals surface area contributed by atoms with Crippen molar-refractivity contribution >= 4 is 28.7 Å². The molecule has 1 aliphatic rings. The molecule has 4 atom stereocenters. The smallest absolute Gasteiger partial charge is 0.145 e. The van der Waals surface area contributed by atoms with Crippen molar-refractivity contribution in [2.24, 2.45) is 5.92 Å². The number of fused-ring (bicyclic) bond motifs is 1. The van der Waals surface area contributed by atoms with Gasteiger partial charge in [-0.25, -0.2) is 15.0 Å². The number of hydrogen-bond donors (Lipinski definition) is 4. The van der Waals surface area contributed by atoms with Crippen LogP contribution in [-0.4, -0.2) is 41.9 Å². The van der Waals surface area contributed by atoms with Gasteiger partial charge in [0.15, 0.2) is 0 Å². The molecule has 1 aliphatic carbocycles. The lowest BCUT2D eigenvalue weighted by Crippen LogP contribution is -2.29. The van der Waals surface area contributed by atoms with E-state index >= 15 is 0 Å². The highest BCUT2D eigenvalue weighted by Crippen LogP contribution is 2.38. The molecule has 4 rings (SSSR count). The van der Waals surface area contributed by atoms with Gasteiger partial charge in [0.05, 0.1) is 17.5 Å². The number of hydrogen-bond acceptors (Lipinski definition) is 7. The molecule has 0 spiro atoms. The van der Waals surface area contributed by atoms with Crippen LogP contribution in [0.15, 0.2) is 43.0 Å². The molecule has 0 saturated heterocycles. The van der Waals surface area contributed by atoms with E-state index in [1.54, 1.807) is 12.3 Å². The van der Waals surface area contributed by atoms with Crippen molar-refractivity contribution in [3.8, 4) is 0 Å². The summed E-state index contributed by atoms with van der Waals surface area (Å²) in [5.74, 6) is 0.641. The van der Waals surface area contributed by atoms with Crippen LogP contribution in [0.4, 0.5) is 11.6 Å². The van der Waals surface area contributed by atoms with Crippen LogP contribution in [0.3, 0.4) is 0 Å². The summed E-state index contributed by atoms with van der Waals surface area (Å²) in [7, 11) is 0. The fourth-order valence-corrected chi connectivity index (χ4v) is 3.57. The minimum absolute atomic E-state index is 0.193. The highest BCUT2D eigenvalue weighted by molar-refractivity contribution is 5.86. The van der Waals surface area contributed by atoms with Gasteiger partial charge in [-0.2, -0.15) is 0 Å². The Bertz CT molecular complexity index is 969. The van der Waals surface area contributed by atoms with Gasteiger partial charge < -0.3 is 26.2 Å². The predicted molar refractivity (Wildman–Crippen MR) is 98.8 cm³/mol. The van der Waals surface area contributed by atoms with Gasteiger partial charge in [0, 0.05) is 18.3 Å². The highest BCUT2D eigenvalue weighted by atomic mass is 16.3. The van der Waals surface area contributed by atoms with Crippen LogP contribution in [0.5, 0.6) is 0 Å². The normalized spacial score (nSPS) is 26.1. The zero-order chi connectivity index (χ0) is 18.3. The second-order valence-electron chi connectivity index (χ2n) is 6.54. The number of nitrogen functional groups attached to an aromatic ring is 2. The minimum atomic E-state index is -0.904. The summed E-state index contributed by atoms with van der Waals surface area (Å²) in [6.07, 6.45) is 7.45. The van der Waals surface area contributed by atoms with Gasteiger partial charge in [0.1, 0.15) is 29.7 Å². The molecule has 0 amide bonds.